The first-order valence-corrected chi connectivity index (χ1v) is 3.99. The molecule has 0 saturated heterocycles. The van der Waals surface area contributed by atoms with Gasteiger partial charge in [-0.1, -0.05) is 0 Å². The van der Waals surface area contributed by atoms with Crippen LogP contribution in [0.2, 0.25) is 0 Å². The largest absolute Gasteiger partial charge is 0.481 e. The number of nitrogens with two attached hydrogens (primary N) is 3. The van der Waals surface area contributed by atoms with E-state index in [9.17, 15) is 4.79 Å². The summed E-state index contributed by atoms with van der Waals surface area (Å²) < 4.78 is 0. The molecule has 0 spiro atoms. The van der Waals surface area contributed by atoms with Gasteiger partial charge in [-0.25, -0.2) is 4.98 Å². The number of hydrogen-bond donors (Lipinski definition) is 4. The van der Waals surface area contributed by atoms with Crippen LogP contribution < -0.4 is 17.2 Å². The molecule has 1 atom stereocenters. The van der Waals surface area contributed by atoms with Crippen molar-refractivity contribution < 1.29 is 9.90 Å². The van der Waals surface area contributed by atoms with E-state index < -0.39 is 12.0 Å². The number of pyridine rings is 1. The zero-order valence-corrected chi connectivity index (χ0v) is 7.47. The van der Waals surface area contributed by atoms with E-state index in [0.29, 0.717) is 5.56 Å². The highest BCUT2D eigenvalue weighted by Gasteiger charge is 2.11. The summed E-state index contributed by atoms with van der Waals surface area (Å²) in [5.74, 6) is -0.492. The van der Waals surface area contributed by atoms with Gasteiger partial charge in [-0.05, 0) is 17.7 Å². The van der Waals surface area contributed by atoms with Crippen molar-refractivity contribution in [3.63, 3.8) is 0 Å². The van der Waals surface area contributed by atoms with Crippen LogP contribution in [0.15, 0.2) is 12.1 Å². The highest BCUT2D eigenvalue weighted by atomic mass is 16.4. The number of carbonyl (C=O) groups is 1. The van der Waals surface area contributed by atoms with Gasteiger partial charge in [0.1, 0.15) is 11.6 Å². The Morgan fingerprint density at radius 2 is 1.93 bits per heavy atom. The molecule has 76 valence electrons. The number of nitrogens with zero attached hydrogens (tertiary/aromatic N) is 1. The third-order valence-corrected chi connectivity index (χ3v) is 1.71. The number of hydrogen-bond acceptors (Lipinski definition) is 5. The van der Waals surface area contributed by atoms with E-state index in [1.54, 1.807) is 0 Å². The fourth-order valence-corrected chi connectivity index (χ4v) is 1.12. The third kappa shape index (κ3) is 2.60. The number of aromatic nitrogens is 1. The van der Waals surface area contributed by atoms with Crippen LogP contribution in [0.4, 0.5) is 11.6 Å². The standard InChI is InChI=1S/C8H12N4O2/c9-5(3-8(13)14)4-1-6(10)12-7(11)2-4/h1-2,5H,3,9H2,(H,13,14)(H4,10,11,12)/t5-/m0/s1. The predicted octanol–water partition coefficient (Wildman–Crippen LogP) is -0.280. The van der Waals surface area contributed by atoms with Gasteiger partial charge in [-0.2, -0.15) is 0 Å². The van der Waals surface area contributed by atoms with Crippen LogP contribution in [-0.4, -0.2) is 16.1 Å². The minimum Gasteiger partial charge on any atom is -0.481 e. The summed E-state index contributed by atoms with van der Waals surface area (Å²) in [7, 11) is 0. The van der Waals surface area contributed by atoms with E-state index in [1.165, 1.54) is 12.1 Å². The Bertz CT molecular complexity index is 333. The molecule has 0 amide bonds. The second-order valence-corrected chi connectivity index (χ2v) is 2.95. The van der Waals surface area contributed by atoms with Crippen LogP contribution >= 0.6 is 0 Å². The zero-order chi connectivity index (χ0) is 10.7. The first-order chi connectivity index (χ1) is 6.49. The molecule has 1 aromatic heterocycles. The summed E-state index contributed by atoms with van der Waals surface area (Å²) in [5, 5.41) is 8.53. The average molecular weight is 196 g/mol. The maximum atomic E-state index is 10.4. The van der Waals surface area contributed by atoms with Crippen molar-refractivity contribution in [1.82, 2.24) is 4.98 Å². The predicted molar refractivity (Wildman–Crippen MR) is 52.2 cm³/mol. The number of anilines is 2. The smallest absolute Gasteiger partial charge is 0.305 e. The van der Waals surface area contributed by atoms with Crippen molar-refractivity contribution >= 4 is 17.6 Å². The van der Waals surface area contributed by atoms with Crippen LogP contribution in [0.25, 0.3) is 0 Å². The van der Waals surface area contributed by atoms with Crippen molar-refractivity contribution in [3.05, 3.63) is 17.7 Å². The highest BCUT2D eigenvalue weighted by molar-refractivity contribution is 5.68. The Hall–Kier alpha value is -1.82. The molecule has 0 aromatic carbocycles. The number of carboxylic acids is 1. The summed E-state index contributed by atoms with van der Waals surface area (Å²) in [5.41, 5.74) is 17.1. The van der Waals surface area contributed by atoms with E-state index in [2.05, 4.69) is 4.98 Å². The molecule has 7 N–H and O–H groups in total. The molecule has 0 aliphatic rings. The molecule has 0 fully saturated rings. The van der Waals surface area contributed by atoms with Gasteiger partial charge in [-0.3, -0.25) is 4.79 Å². The van der Waals surface area contributed by atoms with Crippen LogP contribution in [-0.2, 0) is 4.79 Å². The van der Waals surface area contributed by atoms with Gasteiger partial charge in [0.25, 0.3) is 0 Å². The molecule has 14 heavy (non-hydrogen) atoms. The van der Waals surface area contributed by atoms with Gasteiger partial charge >= 0.3 is 5.97 Å². The lowest BCUT2D eigenvalue weighted by Crippen LogP contribution is -2.15. The molecule has 1 rings (SSSR count). The minimum absolute atomic E-state index is 0.164. The number of carboxylic acid groups (broad SMARTS) is 1. The van der Waals surface area contributed by atoms with Crippen molar-refractivity contribution in [2.75, 3.05) is 11.5 Å². The number of rotatable bonds is 3. The molecule has 1 aromatic rings. The molecule has 0 saturated carbocycles. The Morgan fingerprint density at radius 1 is 1.43 bits per heavy atom. The number of nitrogen functional groups attached to an aromatic ring is 2. The second-order valence-electron chi connectivity index (χ2n) is 2.95. The fraction of sp³-hybridized carbons (Fsp3) is 0.250. The molecule has 6 heteroatoms. The molecule has 0 aliphatic carbocycles. The Labute approximate surface area is 80.7 Å². The fourth-order valence-electron chi connectivity index (χ4n) is 1.12. The molecule has 0 radical (unpaired) electrons. The van der Waals surface area contributed by atoms with Gasteiger partial charge in [-0.15, -0.1) is 0 Å². The van der Waals surface area contributed by atoms with Crippen molar-refractivity contribution in [3.8, 4) is 0 Å². The lowest BCUT2D eigenvalue weighted by atomic mass is 10.1. The Morgan fingerprint density at radius 3 is 2.36 bits per heavy atom. The molecule has 6 nitrogen and oxygen atoms in total. The van der Waals surface area contributed by atoms with Crippen molar-refractivity contribution in [1.29, 1.82) is 0 Å². The monoisotopic (exact) mass is 196 g/mol. The number of aliphatic carboxylic acids is 1. The Kier molecular flexibility index (Phi) is 2.88. The van der Waals surface area contributed by atoms with Gasteiger partial charge in [0.15, 0.2) is 0 Å². The molecule has 0 aliphatic heterocycles. The maximum Gasteiger partial charge on any atom is 0.305 e. The highest BCUT2D eigenvalue weighted by Crippen LogP contribution is 2.17. The minimum atomic E-state index is -0.966. The van der Waals surface area contributed by atoms with Crippen LogP contribution in [0, 0.1) is 0 Å². The van der Waals surface area contributed by atoms with Gasteiger partial charge in [0, 0.05) is 6.04 Å². The summed E-state index contributed by atoms with van der Waals surface area (Å²) in [6.45, 7) is 0. The van der Waals surface area contributed by atoms with E-state index in [1.807, 2.05) is 0 Å². The van der Waals surface area contributed by atoms with Crippen LogP contribution in [0.1, 0.15) is 18.0 Å². The van der Waals surface area contributed by atoms with Crippen LogP contribution in [0.3, 0.4) is 0 Å². The maximum absolute atomic E-state index is 10.4. The first kappa shape index (κ1) is 10.3. The normalized spacial score (nSPS) is 12.4. The van der Waals surface area contributed by atoms with Gasteiger partial charge in [0.05, 0.1) is 6.42 Å². The zero-order valence-electron chi connectivity index (χ0n) is 7.47. The van der Waals surface area contributed by atoms with Gasteiger partial charge < -0.3 is 22.3 Å². The van der Waals surface area contributed by atoms with Crippen molar-refractivity contribution in [2.45, 2.75) is 12.5 Å². The third-order valence-electron chi connectivity index (χ3n) is 1.71. The molecular weight excluding hydrogens is 184 g/mol. The topological polar surface area (TPSA) is 128 Å². The molecule has 1 heterocycles. The summed E-state index contributed by atoms with van der Waals surface area (Å²) in [4.78, 5) is 14.1. The van der Waals surface area contributed by atoms with Crippen molar-refractivity contribution in [2.24, 2.45) is 5.73 Å². The van der Waals surface area contributed by atoms with Gasteiger partial charge in [0.2, 0.25) is 0 Å². The lowest BCUT2D eigenvalue weighted by molar-refractivity contribution is -0.137. The SMILES string of the molecule is Nc1cc([C@@H](N)CC(=O)O)cc(N)n1. The van der Waals surface area contributed by atoms with E-state index in [-0.39, 0.29) is 18.1 Å². The summed E-state index contributed by atoms with van der Waals surface area (Å²) >= 11 is 0. The van der Waals surface area contributed by atoms with E-state index in [4.69, 9.17) is 22.3 Å². The first-order valence-electron chi connectivity index (χ1n) is 3.99. The summed E-state index contributed by atoms with van der Waals surface area (Å²) in [6.07, 6.45) is -0.164. The molecule has 0 bridgehead atoms. The summed E-state index contributed by atoms with van der Waals surface area (Å²) in [6, 6.07) is 2.42. The van der Waals surface area contributed by atoms with Crippen LogP contribution in [0.5, 0.6) is 0 Å². The van der Waals surface area contributed by atoms with E-state index >= 15 is 0 Å². The average Bonchev–Trinajstić information content (AvgIpc) is 2.00. The lowest BCUT2D eigenvalue weighted by Gasteiger charge is -2.10. The van der Waals surface area contributed by atoms with E-state index in [0.717, 1.165) is 0 Å². The quantitative estimate of drug-likeness (QED) is 0.526. The molecule has 0 unspecified atom stereocenters. The second kappa shape index (κ2) is 3.93. The Balaban J connectivity index is 2.89. The molecular formula is C8H12N4O2.